The fourth-order valence-electron chi connectivity index (χ4n) is 5.85. The number of aromatic hydroxyl groups is 2. The summed E-state index contributed by atoms with van der Waals surface area (Å²) in [7, 11) is 1.07. The lowest BCUT2D eigenvalue weighted by atomic mass is 9.77. The van der Waals surface area contributed by atoms with Gasteiger partial charge in [-0.3, -0.25) is 24.0 Å². The number of carbonyl (C=O) groups is 6. The SMILES string of the molecule is COC(=O)C[C@H](NC(=O)[C@@H](C)NC(=O)[C@H](NC(=O)c1ccc2c(c1)C1(OC2=O)c2ccc(O)cc2Oc2cc(O)ccc21)C(C)C)C(=O)CF. The van der Waals surface area contributed by atoms with Crippen molar-refractivity contribution < 1.29 is 57.6 Å². The first-order chi connectivity index (χ1) is 23.7. The molecular weight excluding hydrogens is 657 g/mol. The number of phenols is 2. The van der Waals surface area contributed by atoms with Crippen LogP contribution in [-0.4, -0.2) is 77.6 Å². The maximum Gasteiger partial charge on any atom is 0.340 e. The topological polar surface area (TPSA) is 207 Å². The van der Waals surface area contributed by atoms with Crippen LogP contribution >= 0.6 is 0 Å². The van der Waals surface area contributed by atoms with Gasteiger partial charge in [-0.05, 0) is 55.3 Å². The summed E-state index contributed by atoms with van der Waals surface area (Å²) in [5.74, 6) is -5.37. The van der Waals surface area contributed by atoms with Crippen molar-refractivity contribution in [3.63, 3.8) is 0 Å². The molecular formula is C35H34FN3O11. The van der Waals surface area contributed by atoms with Gasteiger partial charge in [0.25, 0.3) is 5.91 Å². The number of amides is 3. The van der Waals surface area contributed by atoms with E-state index in [1.165, 1.54) is 61.5 Å². The third-order valence-corrected chi connectivity index (χ3v) is 8.46. The van der Waals surface area contributed by atoms with E-state index in [1.807, 2.05) is 0 Å². The molecule has 0 aromatic heterocycles. The normalized spacial score (nSPS) is 15.3. The predicted molar refractivity (Wildman–Crippen MR) is 171 cm³/mol. The second kappa shape index (κ2) is 13.9. The molecule has 2 heterocycles. The number of methoxy groups -OCH3 is 1. The molecule has 3 amide bonds. The van der Waals surface area contributed by atoms with E-state index in [-0.39, 0.29) is 39.7 Å². The van der Waals surface area contributed by atoms with Crippen molar-refractivity contribution in [1.82, 2.24) is 16.0 Å². The number of alkyl halides is 1. The zero-order valence-corrected chi connectivity index (χ0v) is 27.4. The highest BCUT2D eigenvalue weighted by atomic mass is 19.1. The Bertz CT molecular complexity index is 1860. The predicted octanol–water partition coefficient (Wildman–Crippen LogP) is 2.51. The highest BCUT2D eigenvalue weighted by molar-refractivity contribution is 6.02. The zero-order valence-electron chi connectivity index (χ0n) is 27.4. The molecule has 0 saturated heterocycles. The van der Waals surface area contributed by atoms with Crippen LogP contribution < -0.4 is 20.7 Å². The van der Waals surface area contributed by atoms with Gasteiger partial charge in [0.1, 0.15) is 47.8 Å². The number of fused-ring (bicyclic) bond motifs is 6. The number of carbonyl (C=O) groups excluding carboxylic acids is 6. The van der Waals surface area contributed by atoms with Crippen LogP contribution in [0, 0.1) is 5.92 Å². The average molecular weight is 692 g/mol. The van der Waals surface area contributed by atoms with Gasteiger partial charge < -0.3 is 40.4 Å². The quantitative estimate of drug-likeness (QED) is 0.185. The van der Waals surface area contributed by atoms with Gasteiger partial charge in [-0.2, -0.15) is 0 Å². The summed E-state index contributed by atoms with van der Waals surface area (Å²) in [5.41, 5.74) is -0.444. The number of ether oxygens (including phenoxy) is 3. The number of phenolic OH excluding ortho intramolecular Hbond substituents is 2. The Morgan fingerprint density at radius 1 is 0.840 bits per heavy atom. The van der Waals surface area contributed by atoms with Crippen LogP contribution in [0.15, 0.2) is 54.6 Å². The number of benzene rings is 3. The monoisotopic (exact) mass is 691 g/mol. The van der Waals surface area contributed by atoms with Gasteiger partial charge in [0.15, 0.2) is 11.4 Å². The second-order valence-corrected chi connectivity index (χ2v) is 12.2. The van der Waals surface area contributed by atoms with Crippen LogP contribution in [0.25, 0.3) is 0 Å². The van der Waals surface area contributed by atoms with Crippen molar-refractivity contribution in [1.29, 1.82) is 0 Å². The first-order valence-corrected chi connectivity index (χ1v) is 15.5. The minimum atomic E-state index is -1.63. The molecule has 0 aliphatic carbocycles. The van der Waals surface area contributed by atoms with Crippen molar-refractivity contribution in [2.75, 3.05) is 13.8 Å². The van der Waals surface area contributed by atoms with Gasteiger partial charge in [0.05, 0.1) is 19.1 Å². The fraction of sp³-hybridized carbons (Fsp3) is 0.314. The van der Waals surface area contributed by atoms with Crippen molar-refractivity contribution in [3.8, 4) is 23.0 Å². The Morgan fingerprint density at radius 2 is 1.46 bits per heavy atom. The Morgan fingerprint density at radius 3 is 2.02 bits per heavy atom. The Balaban J connectivity index is 1.40. The Labute approximate surface area is 284 Å². The number of esters is 2. The minimum Gasteiger partial charge on any atom is -0.508 e. The number of halogens is 1. The molecule has 15 heteroatoms. The van der Waals surface area contributed by atoms with Gasteiger partial charge in [-0.25, -0.2) is 9.18 Å². The van der Waals surface area contributed by atoms with Crippen LogP contribution in [0.2, 0.25) is 0 Å². The number of hydrogen-bond acceptors (Lipinski definition) is 11. The molecule has 0 unspecified atom stereocenters. The van der Waals surface area contributed by atoms with Crippen LogP contribution in [-0.2, 0) is 34.3 Å². The van der Waals surface area contributed by atoms with Crippen LogP contribution in [0.3, 0.4) is 0 Å². The smallest absolute Gasteiger partial charge is 0.340 e. The van der Waals surface area contributed by atoms with Crippen molar-refractivity contribution in [3.05, 3.63) is 82.4 Å². The number of hydrogen-bond donors (Lipinski definition) is 5. The van der Waals surface area contributed by atoms with E-state index in [0.29, 0.717) is 11.1 Å². The van der Waals surface area contributed by atoms with E-state index >= 15 is 0 Å². The summed E-state index contributed by atoms with van der Waals surface area (Å²) in [6, 6.07) is 8.80. The van der Waals surface area contributed by atoms with E-state index in [2.05, 4.69) is 20.7 Å². The molecule has 5 rings (SSSR count). The van der Waals surface area contributed by atoms with Crippen molar-refractivity contribution in [2.24, 2.45) is 5.92 Å². The maximum absolute atomic E-state index is 13.7. The molecule has 2 aliphatic heterocycles. The maximum atomic E-state index is 13.7. The average Bonchev–Trinajstić information content (AvgIpc) is 3.36. The zero-order chi connectivity index (χ0) is 36.5. The van der Waals surface area contributed by atoms with E-state index in [9.17, 15) is 43.4 Å². The molecule has 50 heavy (non-hydrogen) atoms. The first kappa shape index (κ1) is 35.3. The summed E-state index contributed by atoms with van der Waals surface area (Å²) in [6.45, 7) is 3.19. The van der Waals surface area contributed by atoms with Crippen molar-refractivity contribution in [2.45, 2.75) is 50.9 Å². The van der Waals surface area contributed by atoms with Crippen LogP contribution in [0.5, 0.6) is 23.0 Å². The summed E-state index contributed by atoms with van der Waals surface area (Å²) in [5, 5.41) is 27.7. The molecule has 5 N–H and O–H groups in total. The molecule has 3 atom stereocenters. The molecule has 1 spiro atoms. The molecule has 14 nitrogen and oxygen atoms in total. The number of nitrogens with one attached hydrogen (secondary N) is 3. The molecule has 0 fully saturated rings. The summed E-state index contributed by atoms with van der Waals surface area (Å²) in [6.07, 6.45) is -0.607. The second-order valence-electron chi connectivity index (χ2n) is 12.2. The third-order valence-electron chi connectivity index (χ3n) is 8.46. The summed E-state index contributed by atoms with van der Waals surface area (Å²) < 4.78 is 29.5. The third kappa shape index (κ3) is 6.53. The lowest BCUT2D eigenvalue weighted by molar-refractivity contribution is -0.143. The molecule has 0 bridgehead atoms. The Hall–Kier alpha value is -5.99. The standard InChI is InChI=1S/C35H34FN3O11/c1-16(2)30(33(46)37-17(3)31(44)38-25(26(42)15-36)14-29(43)48-4)39-32(45)18-5-8-21-24(11-18)35(50-34(21)47)22-9-6-19(40)12-27(22)49-28-13-20(41)7-10-23(28)35/h5-13,16-17,25,30,40-41H,14-15H2,1-4H3,(H,37,46)(H,38,44)(H,39,45)/t17-,25+,30-/m1/s1. The van der Waals surface area contributed by atoms with E-state index < -0.39 is 78.2 Å². The number of Topliss-reactive ketones (excluding diaryl/α,β-unsaturated/α-hetero) is 1. The lowest BCUT2D eigenvalue weighted by Gasteiger charge is -2.36. The minimum absolute atomic E-state index is 0.0493. The Kier molecular flexibility index (Phi) is 9.79. The van der Waals surface area contributed by atoms with E-state index in [1.54, 1.807) is 13.8 Å². The molecule has 3 aromatic rings. The van der Waals surface area contributed by atoms with Crippen molar-refractivity contribution >= 4 is 35.4 Å². The first-order valence-electron chi connectivity index (χ1n) is 15.5. The molecule has 262 valence electrons. The van der Waals surface area contributed by atoms with Gasteiger partial charge >= 0.3 is 11.9 Å². The van der Waals surface area contributed by atoms with Gasteiger partial charge in [0.2, 0.25) is 11.8 Å². The van der Waals surface area contributed by atoms with E-state index in [4.69, 9.17) is 9.47 Å². The summed E-state index contributed by atoms with van der Waals surface area (Å²) >= 11 is 0. The van der Waals surface area contributed by atoms with Gasteiger partial charge in [-0.1, -0.05) is 13.8 Å². The number of ketones is 1. The number of rotatable bonds is 11. The lowest BCUT2D eigenvalue weighted by Crippen LogP contribution is -2.56. The summed E-state index contributed by atoms with van der Waals surface area (Å²) in [4.78, 5) is 76.7. The molecule has 0 saturated carbocycles. The van der Waals surface area contributed by atoms with Gasteiger partial charge in [-0.15, -0.1) is 0 Å². The molecule has 0 radical (unpaired) electrons. The van der Waals surface area contributed by atoms with E-state index in [0.717, 1.165) is 7.11 Å². The highest BCUT2D eigenvalue weighted by Crippen LogP contribution is 2.57. The molecule has 2 aliphatic rings. The molecule has 3 aromatic carbocycles. The largest absolute Gasteiger partial charge is 0.508 e. The van der Waals surface area contributed by atoms with Crippen LogP contribution in [0.4, 0.5) is 4.39 Å². The fourth-order valence-corrected chi connectivity index (χ4v) is 5.85. The highest BCUT2D eigenvalue weighted by Gasteiger charge is 2.54. The van der Waals surface area contributed by atoms with Gasteiger partial charge in [0, 0.05) is 34.4 Å². The van der Waals surface area contributed by atoms with Crippen LogP contribution in [0.1, 0.15) is 64.6 Å².